The van der Waals surface area contributed by atoms with Crippen LogP contribution in [0, 0.1) is 0 Å². The highest BCUT2D eigenvalue weighted by atomic mass is 16.5. The van der Waals surface area contributed by atoms with Crippen molar-refractivity contribution in [2.24, 2.45) is 0 Å². The van der Waals surface area contributed by atoms with Crippen molar-refractivity contribution in [1.82, 2.24) is 10.6 Å². The highest BCUT2D eigenvalue weighted by Gasteiger charge is 2.39. The smallest absolute Gasteiger partial charge is 0.407 e. The van der Waals surface area contributed by atoms with Gasteiger partial charge in [0.05, 0.1) is 6.61 Å². The first-order valence-corrected chi connectivity index (χ1v) is 11.5. The van der Waals surface area contributed by atoms with Crippen LogP contribution in [0.25, 0.3) is 11.1 Å². The molecule has 8 nitrogen and oxygen atoms in total. The van der Waals surface area contributed by atoms with E-state index in [4.69, 9.17) is 9.47 Å². The van der Waals surface area contributed by atoms with Crippen LogP contribution in [0.5, 0.6) is 0 Å². The predicted molar refractivity (Wildman–Crippen MR) is 128 cm³/mol. The number of carbonyl (C=O) groups is 3. The lowest BCUT2D eigenvalue weighted by molar-refractivity contribution is -0.150. The van der Waals surface area contributed by atoms with Crippen molar-refractivity contribution < 1.29 is 29.0 Å². The van der Waals surface area contributed by atoms with Gasteiger partial charge in [-0.15, -0.1) is 0 Å². The summed E-state index contributed by atoms with van der Waals surface area (Å²) >= 11 is 0. The predicted octanol–water partition coefficient (Wildman–Crippen LogP) is 3.69. The Bertz CT molecular complexity index is 994. The van der Waals surface area contributed by atoms with Crippen molar-refractivity contribution >= 4 is 18.0 Å². The Hall–Kier alpha value is -3.39. The minimum absolute atomic E-state index is 0.0590. The summed E-state index contributed by atoms with van der Waals surface area (Å²) in [4.78, 5) is 36.8. The van der Waals surface area contributed by atoms with E-state index in [0.29, 0.717) is 6.42 Å². The SMILES string of the molecule is CC[C@@H](CC(=O)NC(CC)(COC)C(=O)O)NC(=O)OCC1c2ccccc2-c2ccccc21. The molecule has 0 aliphatic heterocycles. The molecular weight excluding hydrogens is 436 g/mol. The van der Waals surface area contributed by atoms with Crippen LogP contribution in [0.2, 0.25) is 0 Å². The normalized spacial score (nSPS) is 14.9. The Morgan fingerprint density at radius 3 is 2.12 bits per heavy atom. The minimum Gasteiger partial charge on any atom is -0.479 e. The van der Waals surface area contributed by atoms with Crippen LogP contribution in [-0.4, -0.2) is 55.0 Å². The summed E-state index contributed by atoms with van der Waals surface area (Å²) in [5, 5.41) is 14.9. The molecule has 1 aliphatic carbocycles. The third kappa shape index (κ3) is 5.39. The third-order valence-electron chi connectivity index (χ3n) is 6.37. The number of nitrogens with one attached hydrogen (secondary N) is 2. The summed E-state index contributed by atoms with van der Waals surface area (Å²) in [7, 11) is 1.38. The molecule has 3 rings (SSSR count). The standard InChI is InChI=1S/C26H32N2O6/c1-4-17(14-23(29)28-26(5-2,16-33-3)24(30)31)27-25(32)34-15-22-20-12-8-6-10-18(20)19-11-7-9-13-21(19)22/h6-13,17,22H,4-5,14-16H2,1-3H3,(H,27,32)(H,28,29)(H,30,31)/t17-,26?/m0/s1. The number of amides is 2. The number of hydrogen-bond acceptors (Lipinski definition) is 5. The van der Waals surface area contributed by atoms with E-state index in [-0.39, 0.29) is 32.0 Å². The summed E-state index contributed by atoms with van der Waals surface area (Å²) in [6, 6.07) is 15.7. The second kappa shape index (κ2) is 11.2. The van der Waals surface area contributed by atoms with Crippen LogP contribution < -0.4 is 10.6 Å². The van der Waals surface area contributed by atoms with Gasteiger partial charge in [-0.25, -0.2) is 9.59 Å². The average molecular weight is 469 g/mol. The number of carbonyl (C=O) groups excluding carboxylic acids is 2. The zero-order chi connectivity index (χ0) is 24.7. The van der Waals surface area contributed by atoms with E-state index in [1.54, 1.807) is 6.92 Å². The van der Waals surface area contributed by atoms with Gasteiger partial charge in [-0.3, -0.25) is 4.79 Å². The van der Waals surface area contributed by atoms with Crippen LogP contribution in [0.15, 0.2) is 48.5 Å². The molecule has 1 unspecified atom stereocenters. The first-order valence-electron chi connectivity index (χ1n) is 11.5. The molecular formula is C26H32N2O6. The molecule has 0 bridgehead atoms. The lowest BCUT2D eigenvalue weighted by atomic mass is 9.96. The highest BCUT2D eigenvalue weighted by Crippen LogP contribution is 2.44. The fourth-order valence-electron chi connectivity index (χ4n) is 4.39. The fraction of sp³-hybridized carbons (Fsp3) is 0.423. The van der Waals surface area contributed by atoms with Crippen LogP contribution in [0.4, 0.5) is 4.79 Å². The molecule has 0 saturated carbocycles. The van der Waals surface area contributed by atoms with Crippen molar-refractivity contribution in [3.05, 3.63) is 59.7 Å². The Kier molecular flexibility index (Phi) is 8.28. The molecule has 2 aromatic rings. The number of alkyl carbamates (subject to hydrolysis) is 1. The molecule has 8 heteroatoms. The second-order valence-corrected chi connectivity index (χ2v) is 8.50. The van der Waals surface area contributed by atoms with Crippen molar-refractivity contribution in [3.63, 3.8) is 0 Å². The van der Waals surface area contributed by atoms with Crippen molar-refractivity contribution in [2.75, 3.05) is 20.3 Å². The molecule has 0 spiro atoms. The van der Waals surface area contributed by atoms with Crippen LogP contribution >= 0.6 is 0 Å². The minimum atomic E-state index is -1.51. The molecule has 3 N–H and O–H groups in total. The third-order valence-corrected chi connectivity index (χ3v) is 6.37. The summed E-state index contributed by atoms with van der Waals surface area (Å²) in [5.41, 5.74) is 3.01. The van der Waals surface area contributed by atoms with Gasteiger partial charge in [-0.2, -0.15) is 0 Å². The maximum Gasteiger partial charge on any atom is 0.407 e. The van der Waals surface area contributed by atoms with E-state index in [1.165, 1.54) is 7.11 Å². The van der Waals surface area contributed by atoms with E-state index < -0.39 is 29.6 Å². The quantitative estimate of drug-likeness (QED) is 0.464. The van der Waals surface area contributed by atoms with E-state index >= 15 is 0 Å². The number of carboxylic acid groups (broad SMARTS) is 1. The Balaban J connectivity index is 1.59. The van der Waals surface area contributed by atoms with E-state index in [0.717, 1.165) is 22.3 Å². The van der Waals surface area contributed by atoms with Crippen molar-refractivity contribution in [3.8, 4) is 11.1 Å². The molecule has 34 heavy (non-hydrogen) atoms. The summed E-state index contributed by atoms with van der Waals surface area (Å²) in [6.45, 7) is 3.52. The van der Waals surface area contributed by atoms with Crippen molar-refractivity contribution in [2.45, 2.75) is 50.6 Å². The zero-order valence-corrected chi connectivity index (χ0v) is 19.8. The zero-order valence-electron chi connectivity index (χ0n) is 19.8. The van der Waals surface area contributed by atoms with Gasteiger partial charge in [0.25, 0.3) is 0 Å². The Labute approximate surface area is 199 Å². The second-order valence-electron chi connectivity index (χ2n) is 8.50. The average Bonchev–Trinajstić information content (AvgIpc) is 3.15. The van der Waals surface area contributed by atoms with Gasteiger partial charge < -0.3 is 25.2 Å². The molecule has 2 amide bonds. The maximum atomic E-state index is 12.6. The van der Waals surface area contributed by atoms with E-state index in [1.807, 2.05) is 43.3 Å². The van der Waals surface area contributed by atoms with Crippen molar-refractivity contribution in [1.29, 1.82) is 0 Å². The molecule has 2 atom stereocenters. The van der Waals surface area contributed by atoms with E-state index in [9.17, 15) is 19.5 Å². The number of rotatable bonds is 11. The molecule has 0 aromatic heterocycles. The largest absolute Gasteiger partial charge is 0.479 e. The van der Waals surface area contributed by atoms with Gasteiger partial charge in [-0.05, 0) is 35.1 Å². The summed E-state index contributed by atoms with van der Waals surface area (Å²) in [5.74, 6) is -1.70. The molecule has 0 radical (unpaired) electrons. The number of benzene rings is 2. The summed E-state index contributed by atoms with van der Waals surface area (Å²) in [6.07, 6.45) is -0.0372. The fourth-order valence-corrected chi connectivity index (χ4v) is 4.39. The van der Waals surface area contributed by atoms with Gasteiger partial charge in [0.2, 0.25) is 5.91 Å². The highest BCUT2D eigenvalue weighted by molar-refractivity contribution is 5.87. The number of aliphatic carboxylic acids is 1. The van der Waals surface area contributed by atoms with Crippen LogP contribution in [0.1, 0.15) is 50.2 Å². The number of methoxy groups -OCH3 is 1. The van der Waals surface area contributed by atoms with Gasteiger partial charge in [0.1, 0.15) is 6.61 Å². The topological polar surface area (TPSA) is 114 Å². The maximum absolute atomic E-state index is 12.6. The van der Waals surface area contributed by atoms with Gasteiger partial charge in [0.15, 0.2) is 5.54 Å². The lowest BCUT2D eigenvalue weighted by Gasteiger charge is -2.29. The van der Waals surface area contributed by atoms with Gasteiger partial charge in [0, 0.05) is 25.5 Å². The first kappa shape index (κ1) is 25.2. The van der Waals surface area contributed by atoms with Crippen LogP contribution in [-0.2, 0) is 19.1 Å². The van der Waals surface area contributed by atoms with E-state index in [2.05, 4.69) is 22.8 Å². The summed E-state index contributed by atoms with van der Waals surface area (Å²) < 4.78 is 10.6. The molecule has 1 aliphatic rings. The molecule has 0 fully saturated rings. The monoisotopic (exact) mass is 468 g/mol. The van der Waals surface area contributed by atoms with Crippen LogP contribution in [0.3, 0.4) is 0 Å². The number of fused-ring (bicyclic) bond motifs is 3. The lowest BCUT2D eigenvalue weighted by Crippen LogP contribution is -2.58. The van der Waals surface area contributed by atoms with Gasteiger partial charge in [-0.1, -0.05) is 62.4 Å². The molecule has 2 aromatic carbocycles. The number of hydrogen-bond donors (Lipinski definition) is 3. The molecule has 0 heterocycles. The Morgan fingerprint density at radius 2 is 1.62 bits per heavy atom. The Morgan fingerprint density at radius 1 is 1.03 bits per heavy atom. The molecule has 0 saturated heterocycles. The molecule has 182 valence electrons. The van der Waals surface area contributed by atoms with Gasteiger partial charge >= 0.3 is 12.1 Å². The first-order chi connectivity index (χ1) is 16.3. The number of carboxylic acids is 1. The number of ether oxygens (including phenoxy) is 2.